The summed E-state index contributed by atoms with van der Waals surface area (Å²) in [7, 11) is 5.03. The molecule has 0 unspecified atom stereocenters. The average molecular weight is 493 g/mol. The summed E-state index contributed by atoms with van der Waals surface area (Å²) >= 11 is 0. The summed E-state index contributed by atoms with van der Waals surface area (Å²) in [6.07, 6.45) is 1.80. The Morgan fingerprint density at radius 3 is 1.92 bits per heavy atom. The number of carbonyl (C=O) groups excluding carboxylic acids is 1. The number of methoxy groups -OCH3 is 3. The first-order valence-corrected chi connectivity index (χ1v) is 12.6. The smallest absolute Gasteiger partial charge is 0.241 e. The summed E-state index contributed by atoms with van der Waals surface area (Å²) in [5, 5.41) is 0. The molecular formula is C30H36O6. The number of ketones is 1. The van der Waals surface area contributed by atoms with E-state index in [2.05, 4.69) is 0 Å². The van der Waals surface area contributed by atoms with Gasteiger partial charge in [0.15, 0.2) is 5.60 Å². The monoisotopic (exact) mass is 492 g/mol. The van der Waals surface area contributed by atoms with Crippen LogP contribution in [-0.2, 0) is 22.4 Å². The van der Waals surface area contributed by atoms with Crippen LogP contribution in [0, 0.1) is 33.6 Å². The molecule has 1 spiro atoms. The third-order valence-electron chi connectivity index (χ3n) is 9.04. The molecule has 6 heteroatoms. The molecule has 2 aromatic rings. The molecule has 3 aliphatic rings. The Balaban J connectivity index is 1.73. The van der Waals surface area contributed by atoms with Crippen LogP contribution in [0.25, 0.3) is 0 Å². The first-order valence-electron chi connectivity index (χ1n) is 12.6. The first kappa shape index (κ1) is 24.7. The quantitative estimate of drug-likeness (QED) is 0.563. The maximum atomic E-state index is 14.2. The second-order valence-corrected chi connectivity index (χ2v) is 10.4. The maximum Gasteiger partial charge on any atom is 0.241 e. The molecule has 5 rings (SSSR count). The van der Waals surface area contributed by atoms with E-state index in [4.69, 9.17) is 23.7 Å². The molecule has 192 valence electrons. The van der Waals surface area contributed by atoms with Gasteiger partial charge in [0, 0.05) is 18.3 Å². The van der Waals surface area contributed by atoms with E-state index < -0.39 is 11.4 Å². The average Bonchev–Trinajstić information content (AvgIpc) is 2.90. The zero-order valence-electron chi connectivity index (χ0n) is 22.8. The van der Waals surface area contributed by atoms with Crippen LogP contribution in [-0.4, -0.2) is 38.5 Å². The Morgan fingerprint density at radius 2 is 1.36 bits per heavy atom. The number of Topliss-reactive ketones (excluding diaryl/α,β-unsaturated/α-hetero) is 1. The molecule has 0 amide bonds. The van der Waals surface area contributed by atoms with Crippen LogP contribution in [0.5, 0.6) is 23.0 Å². The third kappa shape index (κ3) is 3.03. The number of carbonyl (C=O) groups is 1. The predicted molar refractivity (Wildman–Crippen MR) is 138 cm³/mol. The zero-order valence-corrected chi connectivity index (χ0v) is 22.8. The third-order valence-corrected chi connectivity index (χ3v) is 9.04. The van der Waals surface area contributed by atoms with Gasteiger partial charge in [-0.2, -0.15) is 0 Å². The number of fused-ring (bicyclic) bond motifs is 4. The van der Waals surface area contributed by atoms with E-state index in [1.807, 2.05) is 53.7 Å². The largest absolute Gasteiger partial charge is 0.496 e. The minimum absolute atomic E-state index is 0.0130. The Labute approximate surface area is 213 Å². The van der Waals surface area contributed by atoms with Crippen molar-refractivity contribution in [2.75, 3.05) is 21.3 Å². The van der Waals surface area contributed by atoms with E-state index >= 15 is 0 Å². The lowest BCUT2D eigenvalue weighted by molar-refractivity contribution is -0.227. The molecule has 0 bridgehead atoms. The molecule has 2 aromatic carbocycles. The SMILES string of the molecule is COc1cc2c(c(C)c1C)O[C@]1(OC)C(C)=C(C)C(=O)[C@@]3(CCc4cc(OC)c(C)c(C)c4O3)[C@@H]1C2. The lowest BCUT2D eigenvalue weighted by Gasteiger charge is -2.56. The fraction of sp³-hybridized carbons (Fsp3) is 0.500. The van der Waals surface area contributed by atoms with Gasteiger partial charge in [-0.05, 0) is 106 Å². The van der Waals surface area contributed by atoms with Gasteiger partial charge < -0.3 is 23.7 Å². The van der Waals surface area contributed by atoms with E-state index in [1.54, 1.807) is 21.3 Å². The Morgan fingerprint density at radius 1 is 0.806 bits per heavy atom. The second kappa shape index (κ2) is 8.27. The highest BCUT2D eigenvalue weighted by molar-refractivity contribution is 6.04. The van der Waals surface area contributed by atoms with Crippen LogP contribution in [0.3, 0.4) is 0 Å². The minimum Gasteiger partial charge on any atom is -0.496 e. The van der Waals surface area contributed by atoms with Crippen LogP contribution in [0.4, 0.5) is 0 Å². The molecular weight excluding hydrogens is 456 g/mol. The van der Waals surface area contributed by atoms with Crippen molar-refractivity contribution in [3.05, 3.63) is 56.7 Å². The summed E-state index contributed by atoms with van der Waals surface area (Å²) in [5.74, 6) is 1.76. The lowest BCUT2D eigenvalue weighted by atomic mass is 9.62. The van der Waals surface area contributed by atoms with Crippen molar-refractivity contribution in [1.29, 1.82) is 0 Å². The number of hydrogen-bond donors (Lipinski definition) is 0. The van der Waals surface area contributed by atoms with Crippen LogP contribution in [0.2, 0.25) is 0 Å². The normalized spacial score (nSPS) is 26.6. The van der Waals surface area contributed by atoms with Gasteiger partial charge in [0.1, 0.15) is 23.0 Å². The van der Waals surface area contributed by atoms with Crippen LogP contribution >= 0.6 is 0 Å². The summed E-state index contributed by atoms with van der Waals surface area (Å²) in [4.78, 5) is 14.2. The molecule has 1 aliphatic carbocycles. The molecule has 0 radical (unpaired) electrons. The van der Waals surface area contributed by atoms with Gasteiger partial charge in [0.25, 0.3) is 0 Å². The van der Waals surface area contributed by atoms with E-state index in [9.17, 15) is 4.79 Å². The fourth-order valence-corrected chi connectivity index (χ4v) is 6.49. The van der Waals surface area contributed by atoms with Crippen molar-refractivity contribution < 1.29 is 28.5 Å². The van der Waals surface area contributed by atoms with Crippen molar-refractivity contribution in [3.63, 3.8) is 0 Å². The number of hydrogen-bond acceptors (Lipinski definition) is 6. The van der Waals surface area contributed by atoms with Gasteiger partial charge in [0.2, 0.25) is 11.6 Å². The van der Waals surface area contributed by atoms with Crippen LogP contribution in [0.15, 0.2) is 23.3 Å². The number of ether oxygens (including phenoxy) is 5. The number of benzene rings is 2. The maximum absolute atomic E-state index is 14.2. The molecule has 0 N–H and O–H groups in total. The Bertz CT molecular complexity index is 1320. The van der Waals surface area contributed by atoms with Crippen molar-refractivity contribution >= 4 is 5.78 Å². The van der Waals surface area contributed by atoms with Gasteiger partial charge >= 0.3 is 0 Å². The standard InChI is InChI=1S/C30H36O6/c1-15-17(3)26-21(12-23(15)32-7)10-11-29(35-26)25-14-22-13-24(33-8)16(2)18(4)27(22)36-30(25,34-9)20(6)19(5)28(29)31/h12-13,25H,10-11,14H2,1-9H3/t25-,29+,30+/m0/s1. The molecule has 0 saturated carbocycles. The van der Waals surface area contributed by atoms with E-state index in [-0.39, 0.29) is 11.7 Å². The van der Waals surface area contributed by atoms with Crippen LogP contribution in [0.1, 0.15) is 53.6 Å². The van der Waals surface area contributed by atoms with Gasteiger partial charge in [-0.25, -0.2) is 0 Å². The summed E-state index contributed by atoms with van der Waals surface area (Å²) in [5.41, 5.74) is 6.46. The van der Waals surface area contributed by atoms with Crippen LogP contribution < -0.4 is 18.9 Å². The van der Waals surface area contributed by atoms with E-state index in [1.165, 1.54) is 0 Å². The molecule has 2 aliphatic heterocycles. The summed E-state index contributed by atoms with van der Waals surface area (Å²) in [6.45, 7) is 11.9. The number of rotatable bonds is 3. The van der Waals surface area contributed by atoms with Crippen molar-refractivity contribution in [2.45, 2.75) is 72.2 Å². The van der Waals surface area contributed by atoms with Crippen molar-refractivity contribution in [3.8, 4) is 23.0 Å². The second-order valence-electron chi connectivity index (χ2n) is 10.4. The fourth-order valence-electron chi connectivity index (χ4n) is 6.49. The molecule has 36 heavy (non-hydrogen) atoms. The molecule has 0 aromatic heterocycles. The van der Waals surface area contributed by atoms with Crippen molar-refractivity contribution in [1.82, 2.24) is 0 Å². The first-order chi connectivity index (χ1) is 17.1. The van der Waals surface area contributed by atoms with Gasteiger partial charge in [-0.15, -0.1) is 0 Å². The van der Waals surface area contributed by atoms with E-state index in [0.717, 1.165) is 62.0 Å². The molecule has 3 atom stereocenters. The molecule has 0 fully saturated rings. The van der Waals surface area contributed by atoms with Gasteiger partial charge in [-0.3, -0.25) is 4.79 Å². The highest BCUT2D eigenvalue weighted by Gasteiger charge is 2.66. The predicted octanol–water partition coefficient (Wildman–Crippen LogP) is 5.51. The zero-order chi connectivity index (χ0) is 26.2. The van der Waals surface area contributed by atoms with Gasteiger partial charge in [-0.1, -0.05) is 0 Å². The summed E-state index contributed by atoms with van der Waals surface area (Å²) in [6, 6.07) is 4.08. The lowest BCUT2D eigenvalue weighted by Crippen LogP contribution is -2.68. The van der Waals surface area contributed by atoms with Crippen molar-refractivity contribution in [2.24, 2.45) is 5.92 Å². The Hall–Kier alpha value is -2.99. The molecule has 6 nitrogen and oxygen atoms in total. The molecule has 0 saturated heterocycles. The van der Waals surface area contributed by atoms with E-state index in [0.29, 0.717) is 24.8 Å². The minimum atomic E-state index is -1.11. The van der Waals surface area contributed by atoms with Gasteiger partial charge in [0.05, 0.1) is 20.1 Å². The Kier molecular flexibility index (Phi) is 5.67. The highest BCUT2D eigenvalue weighted by atomic mass is 16.7. The highest BCUT2D eigenvalue weighted by Crippen LogP contribution is 2.56. The topological polar surface area (TPSA) is 63.2 Å². The molecule has 2 heterocycles. The number of aryl methyl sites for hydroxylation is 1. The summed E-state index contributed by atoms with van der Waals surface area (Å²) < 4.78 is 31.3.